The van der Waals surface area contributed by atoms with Crippen LogP contribution in [0.2, 0.25) is 0 Å². The summed E-state index contributed by atoms with van der Waals surface area (Å²) < 4.78 is 31.7. The van der Waals surface area contributed by atoms with Crippen molar-refractivity contribution >= 4 is 27.3 Å². The van der Waals surface area contributed by atoms with Gasteiger partial charge < -0.3 is 15.0 Å². The first-order valence-corrected chi connectivity index (χ1v) is 11.5. The molecule has 1 heterocycles. The van der Waals surface area contributed by atoms with Crippen LogP contribution in [-0.2, 0) is 19.6 Å². The number of sulfonamides is 1. The number of morpholine rings is 1. The molecule has 8 heteroatoms. The van der Waals surface area contributed by atoms with E-state index in [9.17, 15) is 13.2 Å². The number of hydrogen-bond donors (Lipinski definition) is 2. The minimum absolute atomic E-state index is 0.0624. The molecule has 0 spiro atoms. The summed E-state index contributed by atoms with van der Waals surface area (Å²) >= 11 is 0. The maximum atomic E-state index is 12.2. The van der Waals surface area contributed by atoms with E-state index in [1.807, 2.05) is 24.3 Å². The van der Waals surface area contributed by atoms with Gasteiger partial charge in [0.15, 0.2) is 0 Å². The summed E-state index contributed by atoms with van der Waals surface area (Å²) in [5.41, 5.74) is 1.85. The van der Waals surface area contributed by atoms with Crippen LogP contribution >= 0.6 is 0 Å². The average molecular weight is 412 g/mol. The molecule has 0 aliphatic carbocycles. The highest BCUT2D eigenvalue weighted by atomic mass is 32.2. The quantitative estimate of drug-likeness (QED) is 0.610. The fraction of sp³-hybridized carbons (Fsp3) is 0.650. The van der Waals surface area contributed by atoms with Crippen molar-refractivity contribution in [1.82, 2.24) is 4.72 Å². The standard InChI is InChI=1S/C20H33N3O4S/c1-15(2)28(25,26)21-11-6-5-10-20(24)22-18-8-7-9-19(12-18)23-13-16(3)27-17(4)14-23/h7-9,12,15-17,21H,5-6,10-11,13-14H2,1-4H3,(H,22,24)/t16-,17+. The molecule has 1 amide bonds. The van der Waals surface area contributed by atoms with Crippen LogP contribution in [0.15, 0.2) is 24.3 Å². The molecular formula is C20H33N3O4S. The van der Waals surface area contributed by atoms with Crippen LogP contribution in [0.25, 0.3) is 0 Å². The van der Waals surface area contributed by atoms with Gasteiger partial charge in [-0.1, -0.05) is 6.07 Å². The third kappa shape index (κ3) is 7.07. The summed E-state index contributed by atoms with van der Waals surface area (Å²) in [5.74, 6) is -0.0624. The largest absolute Gasteiger partial charge is 0.372 e. The molecule has 7 nitrogen and oxygen atoms in total. The number of amides is 1. The van der Waals surface area contributed by atoms with E-state index < -0.39 is 15.3 Å². The second-order valence-corrected chi connectivity index (χ2v) is 10.0. The number of rotatable bonds is 9. The number of hydrogen-bond acceptors (Lipinski definition) is 5. The maximum absolute atomic E-state index is 12.2. The summed E-state index contributed by atoms with van der Waals surface area (Å²) in [4.78, 5) is 14.5. The van der Waals surface area contributed by atoms with Crippen LogP contribution in [0.3, 0.4) is 0 Å². The first-order valence-electron chi connectivity index (χ1n) is 9.96. The molecule has 1 aliphatic heterocycles. The van der Waals surface area contributed by atoms with E-state index in [1.165, 1.54) is 0 Å². The van der Waals surface area contributed by atoms with E-state index in [0.717, 1.165) is 24.5 Å². The Morgan fingerprint density at radius 1 is 1.21 bits per heavy atom. The molecule has 0 radical (unpaired) electrons. The summed E-state index contributed by atoms with van der Waals surface area (Å²) in [6, 6.07) is 7.85. The normalized spacial score (nSPS) is 20.4. The molecule has 1 aromatic rings. The Kier molecular flexibility index (Phi) is 8.27. The number of carbonyl (C=O) groups is 1. The third-order valence-corrected chi connectivity index (χ3v) is 6.52. The summed E-state index contributed by atoms with van der Waals surface area (Å²) in [6.07, 6.45) is 1.97. The molecule has 0 bridgehead atoms. The van der Waals surface area contributed by atoms with Gasteiger partial charge in [-0.15, -0.1) is 0 Å². The molecule has 1 aliphatic rings. The Bertz CT molecular complexity index is 742. The van der Waals surface area contributed by atoms with Crippen LogP contribution < -0.4 is 14.9 Å². The molecule has 1 aromatic carbocycles. The van der Waals surface area contributed by atoms with E-state index in [-0.39, 0.29) is 18.1 Å². The average Bonchev–Trinajstić information content (AvgIpc) is 2.60. The molecule has 0 unspecified atom stereocenters. The first-order chi connectivity index (χ1) is 13.2. The van der Waals surface area contributed by atoms with Crippen molar-refractivity contribution < 1.29 is 17.9 Å². The van der Waals surface area contributed by atoms with E-state index in [4.69, 9.17) is 4.74 Å². The molecular weight excluding hydrogens is 378 g/mol. The smallest absolute Gasteiger partial charge is 0.224 e. The van der Waals surface area contributed by atoms with Gasteiger partial charge in [-0.05, 0) is 58.7 Å². The lowest BCUT2D eigenvalue weighted by Crippen LogP contribution is -2.45. The van der Waals surface area contributed by atoms with Crippen LogP contribution in [0, 0.1) is 0 Å². The molecule has 2 N–H and O–H groups in total. The van der Waals surface area contributed by atoms with Gasteiger partial charge in [-0.3, -0.25) is 4.79 Å². The monoisotopic (exact) mass is 411 g/mol. The predicted molar refractivity (Wildman–Crippen MR) is 113 cm³/mol. The molecule has 2 atom stereocenters. The highest BCUT2D eigenvalue weighted by Gasteiger charge is 2.22. The Morgan fingerprint density at radius 3 is 2.54 bits per heavy atom. The van der Waals surface area contributed by atoms with Crippen molar-refractivity contribution in [3.05, 3.63) is 24.3 Å². The van der Waals surface area contributed by atoms with Crippen molar-refractivity contribution in [3.8, 4) is 0 Å². The SMILES string of the molecule is CC(C)S(=O)(=O)NCCCCC(=O)Nc1cccc(N2C[C@@H](C)O[C@@H](C)C2)c1. The van der Waals surface area contributed by atoms with Crippen molar-refractivity contribution in [2.75, 3.05) is 29.9 Å². The zero-order valence-corrected chi connectivity index (χ0v) is 18.1. The van der Waals surface area contributed by atoms with Gasteiger partial charge in [0.25, 0.3) is 0 Å². The van der Waals surface area contributed by atoms with Gasteiger partial charge in [0.2, 0.25) is 15.9 Å². The number of nitrogens with one attached hydrogen (secondary N) is 2. The van der Waals surface area contributed by atoms with Crippen molar-refractivity contribution in [3.63, 3.8) is 0 Å². The second kappa shape index (κ2) is 10.2. The number of ether oxygens (including phenoxy) is 1. The van der Waals surface area contributed by atoms with Crippen LogP contribution in [0.1, 0.15) is 47.0 Å². The Morgan fingerprint density at radius 2 is 1.89 bits per heavy atom. The van der Waals surface area contributed by atoms with Gasteiger partial charge in [-0.25, -0.2) is 13.1 Å². The topological polar surface area (TPSA) is 87.7 Å². The van der Waals surface area contributed by atoms with Gasteiger partial charge in [-0.2, -0.15) is 0 Å². The molecule has 1 saturated heterocycles. The Hall–Kier alpha value is -1.64. The minimum atomic E-state index is -3.24. The summed E-state index contributed by atoms with van der Waals surface area (Å²) in [6.45, 7) is 9.42. The number of benzene rings is 1. The van der Waals surface area contributed by atoms with Crippen molar-refractivity contribution in [2.45, 2.75) is 64.4 Å². The van der Waals surface area contributed by atoms with Crippen molar-refractivity contribution in [1.29, 1.82) is 0 Å². The zero-order chi connectivity index (χ0) is 20.7. The highest BCUT2D eigenvalue weighted by Crippen LogP contribution is 2.23. The fourth-order valence-electron chi connectivity index (χ4n) is 3.18. The lowest BCUT2D eigenvalue weighted by Gasteiger charge is -2.37. The zero-order valence-electron chi connectivity index (χ0n) is 17.3. The molecule has 158 valence electrons. The molecule has 1 fully saturated rings. The maximum Gasteiger partial charge on any atom is 0.224 e. The van der Waals surface area contributed by atoms with Gasteiger partial charge in [0.1, 0.15) is 0 Å². The lowest BCUT2D eigenvalue weighted by atomic mass is 10.2. The Balaban J connectivity index is 1.78. The predicted octanol–water partition coefficient (Wildman–Crippen LogP) is 2.74. The van der Waals surface area contributed by atoms with E-state index in [2.05, 4.69) is 28.8 Å². The van der Waals surface area contributed by atoms with Crippen molar-refractivity contribution in [2.24, 2.45) is 0 Å². The number of nitrogens with zero attached hydrogens (tertiary/aromatic N) is 1. The molecule has 28 heavy (non-hydrogen) atoms. The number of carbonyl (C=O) groups excluding carboxylic acids is 1. The fourth-order valence-corrected chi connectivity index (χ4v) is 3.95. The van der Waals surface area contributed by atoms with Gasteiger partial charge in [0, 0.05) is 37.4 Å². The lowest BCUT2D eigenvalue weighted by molar-refractivity contribution is -0.116. The molecule has 0 aromatic heterocycles. The second-order valence-electron chi connectivity index (χ2n) is 7.71. The molecule has 0 saturated carbocycles. The summed E-state index contributed by atoms with van der Waals surface area (Å²) in [5, 5.41) is 2.49. The van der Waals surface area contributed by atoms with Crippen LogP contribution in [0.4, 0.5) is 11.4 Å². The number of anilines is 2. The van der Waals surface area contributed by atoms with Crippen LogP contribution in [-0.4, -0.2) is 51.4 Å². The minimum Gasteiger partial charge on any atom is -0.372 e. The highest BCUT2D eigenvalue weighted by molar-refractivity contribution is 7.90. The molecule has 2 rings (SSSR count). The van der Waals surface area contributed by atoms with E-state index >= 15 is 0 Å². The van der Waals surface area contributed by atoms with Crippen LogP contribution in [0.5, 0.6) is 0 Å². The van der Waals surface area contributed by atoms with Gasteiger partial charge >= 0.3 is 0 Å². The van der Waals surface area contributed by atoms with E-state index in [1.54, 1.807) is 13.8 Å². The first kappa shape index (κ1) is 22.6. The summed E-state index contributed by atoms with van der Waals surface area (Å²) in [7, 11) is -3.24. The number of unbranched alkanes of at least 4 members (excludes halogenated alkanes) is 1. The van der Waals surface area contributed by atoms with E-state index in [0.29, 0.717) is 25.8 Å². The Labute approximate surface area is 168 Å². The van der Waals surface area contributed by atoms with Gasteiger partial charge in [0.05, 0.1) is 17.5 Å². The third-order valence-electron chi connectivity index (χ3n) is 4.67.